The molecule has 45 heavy (non-hydrogen) atoms. The summed E-state index contributed by atoms with van der Waals surface area (Å²) in [4.78, 5) is 0. The van der Waals surface area contributed by atoms with Crippen molar-refractivity contribution in [3.63, 3.8) is 0 Å². The molecule has 0 fully saturated rings. The van der Waals surface area contributed by atoms with Crippen LogP contribution >= 0.6 is 0 Å². The smallest absolute Gasteiger partial charge is 0.122 e. The zero-order valence-electron chi connectivity index (χ0n) is 26.8. The van der Waals surface area contributed by atoms with Crippen molar-refractivity contribution in [3.8, 4) is 11.5 Å². The summed E-state index contributed by atoms with van der Waals surface area (Å²) in [6, 6.07) is 32.8. The van der Waals surface area contributed by atoms with Crippen molar-refractivity contribution < 1.29 is 9.47 Å². The Balaban J connectivity index is 1.05. The molecule has 0 amide bonds. The molecular weight excluding hydrogens is 556 g/mol. The SMILES string of the molecule is CC/C=C(/C)c1ccc(OCc2cccc(CNCCCCCNCc3cccc(COc4ccc(C(=N)N)cc4)c3)c2)cc1. The highest BCUT2D eigenvalue weighted by Crippen LogP contribution is 2.20. The Morgan fingerprint density at radius 3 is 1.60 bits per heavy atom. The number of amidine groups is 1. The van der Waals surface area contributed by atoms with E-state index < -0.39 is 0 Å². The van der Waals surface area contributed by atoms with Crippen LogP contribution in [0.4, 0.5) is 0 Å². The van der Waals surface area contributed by atoms with Crippen LogP contribution in [0.3, 0.4) is 0 Å². The van der Waals surface area contributed by atoms with Crippen molar-refractivity contribution in [1.82, 2.24) is 10.6 Å². The van der Waals surface area contributed by atoms with E-state index in [-0.39, 0.29) is 5.84 Å². The molecule has 0 bridgehead atoms. The summed E-state index contributed by atoms with van der Waals surface area (Å²) in [7, 11) is 0. The summed E-state index contributed by atoms with van der Waals surface area (Å²) in [6.07, 6.45) is 6.80. The van der Waals surface area contributed by atoms with E-state index in [1.165, 1.54) is 34.2 Å². The zero-order valence-corrected chi connectivity index (χ0v) is 26.8. The Hall–Kier alpha value is -4.39. The second-order valence-electron chi connectivity index (χ2n) is 11.4. The summed E-state index contributed by atoms with van der Waals surface area (Å²) in [5, 5.41) is 14.7. The largest absolute Gasteiger partial charge is 0.489 e. The lowest BCUT2D eigenvalue weighted by Gasteiger charge is -2.10. The fourth-order valence-corrected chi connectivity index (χ4v) is 5.10. The van der Waals surface area contributed by atoms with E-state index in [9.17, 15) is 0 Å². The van der Waals surface area contributed by atoms with Gasteiger partial charge in [-0.2, -0.15) is 0 Å². The molecule has 0 heterocycles. The van der Waals surface area contributed by atoms with E-state index in [4.69, 9.17) is 20.6 Å². The number of rotatable bonds is 19. The van der Waals surface area contributed by atoms with Crippen molar-refractivity contribution in [1.29, 1.82) is 5.41 Å². The maximum absolute atomic E-state index is 7.49. The van der Waals surface area contributed by atoms with Crippen LogP contribution in [0.5, 0.6) is 11.5 Å². The lowest BCUT2D eigenvalue weighted by Crippen LogP contribution is -2.17. The molecule has 0 aromatic heterocycles. The van der Waals surface area contributed by atoms with Crippen LogP contribution in [-0.4, -0.2) is 18.9 Å². The van der Waals surface area contributed by atoms with Crippen molar-refractivity contribution in [2.45, 2.75) is 65.8 Å². The third kappa shape index (κ3) is 11.9. The number of allylic oxidation sites excluding steroid dienone is 2. The van der Waals surface area contributed by atoms with Gasteiger partial charge < -0.3 is 25.8 Å². The van der Waals surface area contributed by atoms with Gasteiger partial charge in [-0.15, -0.1) is 0 Å². The predicted molar refractivity (Wildman–Crippen MR) is 187 cm³/mol. The van der Waals surface area contributed by atoms with E-state index in [1.807, 2.05) is 12.1 Å². The van der Waals surface area contributed by atoms with E-state index in [0.717, 1.165) is 62.5 Å². The lowest BCUT2D eigenvalue weighted by molar-refractivity contribution is 0.306. The van der Waals surface area contributed by atoms with E-state index >= 15 is 0 Å². The minimum atomic E-state index is 0.0612. The van der Waals surface area contributed by atoms with Crippen LogP contribution in [0, 0.1) is 5.41 Å². The van der Waals surface area contributed by atoms with Gasteiger partial charge in [0.1, 0.15) is 30.5 Å². The van der Waals surface area contributed by atoms with Gasteiger partial charge in [-0.05, 0) is 109 Å². The maximum Gasteiger partial charge on any atom is 0.122 e. The molecule has 0 aliphatic heterocycles. The van der Waals surface area contributed by atoms with Gasteiger partial charge >= 0.3 is 0 Å². The Morgan fingerprint density at radius 2 is 1.13 bits per heavy atom. The normalized spacial score (nSPS) is 11.4. The Morgan fingerprint density at radius 1 is 0.667 bits per heavy atom. The zero-order chi connectivity index (χ0) is 31.7. The average molecular weight is 605 g/mol. The molecule has 4 aromatic rings. The van der Waals surface area contributed by atoms with Gasteiger partial charge in [0.25, 0.3) is 0 Å². The van der Waals surface area contributed by atoms with Gasteiger partial charge in [0.05, 0.1) is 0 Å². The van der Waals surface area contributed by atoms with Crippen LogP contribution in [0.2, 0.25) is 0 Å². The highest BCUT2D eigenvalue weighted by molar-refractivity contribution is 5.94. The first-order chi connectivity index (χ1) is 22.0. The number of ether oxygens (including phenoxy) is 2. The molecule has 0 aliphatic rings. The number of benzene rings is 4. The van der Waals surface area contributed by atoms with Gasteiger partial charge in [-0.1, -0.05) is 80.1 Å². The summed E-state index contributed by atoms with van der Waals surface area (Å²) in [5.41, 5.74) is 13.6. The maximum atomic E-state index is 7.49. The van der Waals surface area contributed by atoms with E-state index in [1.54, 1.807) is 12.1 Å². The summed E-state index contributed by atoms with van der Waals surface area (Å²) in [6.45, 7) is 9.12. The standard InChI is InChI=1S/C39H48N4O2/c1-3-9-30(2)35-14-18-37(19-15-35)44-28-33-12-7-10-31(24-33)26-42-22-5-4-6-23-43-27-32-11-8-13-34(25-32)29-45-38-20-16-36(17-21-38)39(40)41/h7-21,24-25,42-43H,3-6,22-23,26-29H2,1-2H3,(H3,40,41)/b30-9-. The molecule has 0 spiro atoms. The summed E-state index contributed by atoms with van der Waals surface area (Å²) < 4.78 is 11.9. The quantitative estimate of drug-likeness (QED) is 0.0495. The molecule has 4 rings (SSSR count). The van der Waals surface area contributed by atoms with Crippen molar-refractivity contribution in [3.05, 3.63) is 137 Å². The fourth-order valence-electron chi connectivity index (χ4n) is 5.10. The number of hydrogen-bond acceptors (Lipinski definition) is 5. The number of hydrogen-bond donors (Lipinski definition) is 4. The van der Waals surface area contributed by atoms with Crippen LogP contribution in [0.15, 0.2) is 103 Å². The topological polar surface area (TPSA) is 92.4 Å². The van der Waals surface area contributed by atoms with Crippen LogP contribution in [0.1, 0.15) is 72.9 Å². The average Bonchev–Trinajstić information content (AvgIpc) is 3.06. The molecule has 0 saturated heterocycles. The predicted octanol–water partition coefficient (Wildman–Crippen LogP) is 7.99. The minimum Gasteiger partial charge on any atom is -0.489 e. The summed E-state index contributed by atoms with van der Waals surface area (Å²) in [5.74, 6) is 1.73. The molecule has 4 aromatic carbocycles. The first-order valence-electron chi connectivity index (χ1n) is 16.0. The third-order valence-corrected chi connectivity index (χ3v) is 7.64. The molecule has 5 N–H and O–H groups in total. The van der Waals surface area contributed by atoms with Crippen molar-refractivity contribution >= 4 is 11.4 Å². The molecule has 236 valence electrons. The van der Waals surface area contributed by atoms with Gasteiger partial charge in [-0.25, -0.2) is 0 Å². The first-order valence-corrected chi connectivity index (χ1v) is 16.0. The van der Waals surface area contributed by atoms with E-state index in [0.29, 0.717) is 18.8 Å². The monoisotopic (exact) mass is 604 g/mol. The first kappa shape index (κ1) is 33.5. The molecule has 6 nitrogen and oxygen atoms in total. The third-order valence-electron chi connectivity index (χ3n) is 7.64. The highest BCUT2D eigenvalue weighted by atomic mass is 16.5. The van der Waals surface area contributed by atoms with Gasteiger partial charge in [0.15, 0.2) is 0 Å². The Bertz CT molecular complexity index is 1500. The molecule has 0 radical (unpaired) electrons. The van der Waals surface area contributed by atoms with Crippen LogP contribution in [-0.2, 0) is 26.3 Å². The highest BCUT2D eigenvalue weighted by Gasteiger charge is 2.03. The van der Waals surface area contributed by atoms with Crippen LogP contribution in [0.25, 0.3) is 5.57 Å². The molecular formula is C39H48N4O2. The minimum absolute atomic E-state index is 0.0612. The molecule has 6 heteroatoms. The van der Waals surface area contributed by atoms with Gasteiger partial charge in [0.2, 0.25) is 0 Å². The van der Waals surface area contributed by atoms with E-state index in [2.05, 4.69) is 103 Å². The number of nitrogen functional groups attached to an aromatic ring is 1. The van der Waals surface area contributed by atoms with Gasteiger partial charge in [-0.3, -0.25) is 5.41 Å². The molecule has 0 unspecified atom stereocenters. The van der Waals surface area contributed by atoms with Gasteiger partial charge in [0, 0.05) is 18.7 Å². The second-order valence-corrected chi connectivity index (χ2v) is 11.4. The van der Waals surface area contributed by atoms with Crippen molar-refractivity contribution in [2.24, 2.45) is 5.73 Å². The second kappa shape index (κ2) is 18.4. The fraction of sp³-hybridized carbons (Fsp3) is 0.308. The number of nitrogens with two attached hydrogens (primary N) is 1. The summed E-state index contributed by atoms with van der Waals surface area (Å²) >= 11 is 0. The van der Waals surface area contributed by atoms with Crippen LogP contribution < -0.4 is 25.8 Å². The Kier molecular flexibility index (Phi) is 13.7. The molecule has 0 aliphatic carbocycles. The molecule has 0 atom stereocenters. The van der Waals surface area contributed by atoms with Crippen molar-refractivity contribution in [2.75, 3.05) is 13.1 Å². The number of nitrogens with one attached hydrogen (secondary N) is 3. The molecule has 0 saturated carbocycles. The lowest BCUT2D eigenvalue weighted by atomic mass is 10.1. The number of unbranched alkanes of at least 4 members (excludes halogenated alkanes) is 2. The Labute approximate surface area is 269 Å².